The zero-order valence-corrected chi connectivity index (χ0v) is 15.8. The van der Waals surface area contributed by atoms with Crippen molar-refractivity contribution in [2.45, 2.75) is 38.6 Å². The molecule has 2 aromatic carbocycles. The van der Waals surface area contributed by atoms with Crippen LogP contribution in [-0.2, 0) is 0 Å². The number of para-hydroxylation sites is 1. The Bertz CT molecular complexity index is 928. The van der Waals surface area contributed by atoms with Crippen LogP contribution in [0.1, 0.15) is 43.0 Å². The summed E-state index contributed by atoms with van der Waals surface area (Å²) >= 11 is 0. The van der Waals surface area contributed by atoms with E-state index >= 15 is 0 Å². The molecule has 1 aliphatic carbocycles. The lowest BCUT2D eigenvalue weighted by molar-refractivity contribution is 0.0824. The second-order valence-electron chi connectivity index (χ2n) is 7.45. The van der Waals surface area contributed by atoms with E-state index in [4.69, 9.17) is 0 Å². The number of phenols is 1. The molecular formula is C20H25N3O4. The van der Waals surface area contributed by atoms with Crippen molar-refractivity contribution in [3.8, 4) is 5.75 Å². The largest absolute Gasteiger partial charge is 0.505 e. The molecule has 3 rings (SSSR count). The molecule has 1 amide bonds. The van der Waals surface area contributed by atoms with Crippen LogP contribution in [0.2, 0.25) is 0 Å². The van der Waals surface area contributed by atoms with Gasteiger partial charge in [-0.2, -0.15) is 0 Å². The molecule has 144 valence electrons. The number of aromatic hydroxyl groups is 1. The van der Waals surface area contributed by atoms with Crippen LogP contribution in [0.15, 0.2) is 27.8 Å². The molecular weight excluding hydrogens is 346 g/mol. The zero-order valence-electron chi connectivity index (χ0n) is 15.8. The number of rotatable bonds is 5. The van der Waals surface area contributed by atoms with Crippen LogP contribution in [0.25, 0.3) is 0 Å². The van der Waals surface area contributed by atoms with Gasteiger partial charge in [0.25, 0.3) is 16.8 Å². The maximum Gasteiger partial charge on any atom is 0.257 e. The first-order valence-corrected chi connectivity index (χ1v) is 9.21. The number of hydrogen-bond acceptors (Lipinski definition) is 6. The van der Waals surface area contributed by atoms with E-state index in [0.29, 0.717) is 5.92 Å². The predicted octanol–water partition coefficient (Wildman–Crippen LogP) is 2.42. The second kappa shape index (κ2) is 7.42. The summed E-state index contributed by atoms with van der Waals surface area (Å²) in [6, 6.07) is 4.83. The van der Waals surface area contributed by atoms with Gasteiger partial charge >= 0.3 is 0 Å². The summed E-state index contributed by atoms with van der Waals surface area (Å²) in [5.74, 6) is -0.179. The summed E-state index contributed by atoms with van der Waals surface area (Å²) in [7, 11) is 3.18. The minimum Gasteiger partial charge on any atom is -0.505 e. The van der Waals surface area contributed by atoms with Crippen molar-refractivity contribution in [3.05, 3.63) is 44.2 Å². The lowest BCUT2D eigenvalue weighted by Gasteiger charge is -2.31. The minimum absolute atomic E-state index is 0.124. The average Bonchev–Trinajstić information content (AvgIpc) is 2.66. The van der Waals surface area contributed by atoms with Crippen LogP contribution in [0, 0.1) is 5.92 Å². The smallest absolute Gasteiger partial charge is 0.257 e. The molecule has 0 heterocycles. The average molecular weight is 371 g/mol. The molecule has 0 aromatic heterocycles. The Balaban J connectivity index is 1.86. The van der Waals surface area contributed by atoms with Gasteiger partial charge in [-0.15, -0.1) is 0 Å². The maximum absolute atomic E-state index is 12.2. The van der Waals surface area contributed by atoms with Crippen LogP contribution >= 0.6 is 0 Å². The number of nitrogens with one attached hydrogen (secondary N) is 2. The molecule has 7 heteroatoms. The van der Waals surface area contributed by atoms with Crippen LogP contribution < -0.4 is 21.5 Å². The first-order chi connectivity index (χ1) is 12.8. The van der Waals surface area contributed by atoms with Crippen molar-refractivity contribution < 1.29 is 9.90 Å². The van der Waals surface area contributed by atoms with E-state index in [1.807, 2.05) is 0 Å². The standard InChI is InChI=1S/C20H25N3O4/c1-11-7-4-5-9-13(11)21-15-16(19(26)18(15)25)22-14-10-6-8-12(17(14)24)20(27)23(2)3/h6,8,10-11,13,21-22,24H,4-5,7,9H2,1-3H3/t11-,13-/m1/s1. The molecule has 2 atom stereocenters. The van der Waals surface area contributed by atoms with E-state index in [9.17, 15) is 19.5 Å². The number of nitrogens with zero attached hydrogens (tertiary/aromatic N) is 1. The Morgan fingerprint density at radius 3 is 2.44 bits per heavy atom. The molecule has 0 spiro atoms. The van der Waals surface area contributed by atoms with Crippen molar-refractivity contribution in [1.29, 1.82) is 0 Å². The number of carbonyl (C=O) groups excluding carboxylic acids is 1. The van der Waals surface area contributed by atoms with Gasteiger partial charge in [-0.3, -0.25) is 14.4 Å². The van der Waals surface area contributed by atoms with Crippen LogP contribution in [0.4, 0.5) is 17.1 Å². The molecule has 0 bridgehead atoms. The van der Waals surface area contributed by atoms with Gasteiger partial charge in [-0.05, 0) is 30.9 Å². The molecule has 1 fully saturated rings. The second-order valence-corrected chi connectivity index (χ2v) is 7.45. The van der Waals surface area contributed by atoms with E-state index in [2.05, 4.69) is 17.6 Å². The molecule has 0 aliphatic heterocycles. The number of amides is 1. The van der Waals surface area contributed by atoms with Crippen molar-refractivity contribution in [1.82, 2.24) is 4.90 Å². The van der Waals surface area contributed by atoms with Gasteiger partial charge in [-0.1, -0.05) is 25.8 Å². The quantitative estimate of drug-likeness (QED) is 0.551. The van der Waals surface area contributed by atoms with Crippen LogP contribution in [0.3, 0.4) is 0 Å². The predicted molar refractivity (Wildman–Crippen MR) is 106 cm³/mol. The molecule has 0 saturated heterocycles. The molecule has 3 N–H and O–H groups in total. The van der Waals surface area contributed by atoms with Gasteiger partial charge in [0, 0.05) is 20.1 Å². The lowest BCUT2D eigenvalue weighted by atomic mass is 9.85. The number of carbonyl (C=O) groups is 1. The Morgan fingerprint density at radius 1 is 1.11 bits per heavy atom. The highest BCUT2D eigenvalue weighted by Gasteiger charge is 2.28. The van der Waals surface area contributed by atoms with Gasteiger partial charge in [0.15, 0.2) is 5.75 Å². The van der Waals surface area contributed by atoms with Crippen molar-refractivity contribution >= 4 is 23.0 Å². The topological polar surface area (TPSA) is 98.7 Å². The van der Waals surface area contributed by atoms with E-state index in [0.717, 1.165) is 19.3 Å². The fourth-order valence-corrected chi connectivity index (χ4v) is 3.56. The van der Waals surface area contributed by atoms with E-state index in [-0.39, 0.29) is 40.3 Å². The highest BCUT2D eigenvalue weighted by atomic mass is 16.3. The first kappa shape index (κ1) is 18.9. The monoisotopic (exact) mass is 371 g/mol. The van der Waals surface area contributed by atoms with Gasteiger partial charge < -0.3 is 20.6 Å². The number of phenolic OH excluding ortho intramolecular Hbond substituents is 1. The SMILES string of the molecule is C[C@@H]1CCCC[C@H]1Nc1c(Nc2cccc(C(=O)N(C)C)c2O)c(=O)c1=O. The zero-order chi connectivity index (χ0) is 19.7. The number of hydrogen-bond donors (Lipinski definition) is 3. The van der Waals surface area contributed by atoms with Crippen molar-refractivity contribution in [2.75, 3.05) is 24.7 Å². The molecule has 1 saturated carbocycles. The summed E-state index contributed by atoms with van der Waals surface area (Å²) in [5, 5.41) is 16.5. The minimum atomic E-state index is -0.621. The fourth-order valence-electron chi connectivity index (χ4n) is 3.56. The fraction of sp³-hybridized carbons (Fsp3) is 0.450. The normalized spacial score (nSPS) is 19.7. The Labute approximate surface area is 157 Å². The molecule has 0 radical (unpaired) electrons. The Hall–Kier alpha value is -2.83. The third-order valence-electron chi connectivity index (χ3n) is 5.28. The van der Waals surface area contributed by atoms with Gasteiger partial charge in [0.05, 0.1) is 11.3 Å². The van der Waals surface area contributed by atoms with E-state index in [1.165, 1.54) is 17.4 Å². The van der Waals surface area contributed by atoms with Gasteiger partial charge in [-0.25, -0.2) is 0 Å². The van der Waals surface area contributed by atoms with Crippen molar-refractivity contribution in [3.63, 3.8) is 0 Å². The first-order valence-electron chi connectivity index (χ1n) is 9.21. The third-order valence-corrected chi connectivity index (χ3v) is 5.28. The number of benzene rings is 1. The molecule has 7 nitrogen and oxygen atoms in total. The van der Waals surface area contributed by atoms with Gasteiger partial charge in [0.1, 0.15) is 11.4 Å². The summed E-state index contributed by atoms with van der Waals surface area (Å²) in [4.78, 5) is 37.6. The maximum atomic E-state index is 12.2. The van der Waals surface area contributed by atoms with Crippen LogP contribution in [0.5, 0.6) is 5.75 Å². The highest BCUT2D eigenvalue weighted by molar-refractivity contribution is 5.99. The summed E-state index contributed by atoms with van der Waals surface area (Å²) in [5.41, 5.74) is -0.418. The van der Waals surface area contributed by atoms with Crippen LogP contribution in [-0.4, -0.2) is 36.1 Å². The number of anilines is 3. The summed E-state index contributed by atoms with van der Waals surface area (Å²) in [6.45, 7) is 2.14. The van der Waals surface area contributed by atoms with Gasteiger partial charge in [0.2, 0.25) is 0 Å². The molecule has 0 unspecified atom stereocenters. The Morgan fingerprint density at radius 2 is 1.78 bits per heavy atom. The van der Waals surface area contributed by atoms with E-state index in [1.54, 1.807) is 26.2 Å². The lowest BCUT2D eigenvalue weighted by Crippen LogP contribution is -2.41. The van der Waals surface area contributed by atoms with Crippen molar-refractivity contribution in [2.24, 2.45) is 5.92 Å². The molecule has 27 heavy (non-hydrogen) atoms. The summed E-state index contributed by atoms with van der Waals surface area (Å²) in [6.07, 6.45) is 4.31. The molecule has 1 aliphatic rings. The highest BCUT2D eigenvalue weighted by Crippen LogP contribution is 2.33. The third kappa shape index (κ3) is 3.54. The van der Waals surface area contributed by atoms with E-state index < -0.39 is 10.9 Å². The Kier molecular flexibility index (Phi) is 5.21. The summed E-state index contributed by atoms with van der Waals surface area (Å²) < 4.78 is 0. The molecule has 2 aromatic rings.